The number of hydrogen-bond donors (Lipinski definition) is 2. The average molecular weight is 502 g/mol. The molecule has 19 heteroatoms. The number of hydrogen-bond acceptors (Lipinski definition) is 14. The Morgan fingerprint density at radius 3 is 2.45 bits per heavy atom. The second kappa shape index (κ2) is 8.84. The molecule has 5 atom stereocenters. The maximum absolute atomic E-state index is 12.0. The van der Waals surface area contributed by atoms with Gasteiger partial charge in [-0.2, -0.15) is 0 Å². The van der Waals surface area contributed by atoms with E-state index in [0.717, 1.165) is 10.8 Å². The lowest BCUT2D eigenvalue weighted by atomic mass is 9.99. The SMILES string of the molecule is C#C[C@]1(COP(=O)([O-])OP(=O)([O-])OP(=O)([O-])[O-])O[C@@H](n2cc(C)c(=O)[nH]c2=O)C[C@@H]1O. The molecular formula is C12H13N2O14P3-4. The first-order valence-electron chi connectivity index (χ1n) is 7.86. The molecule has 1 aliphatic heterocycles. The van der Waals surface area contributed by atoms with Crippen LogP contribution >= 0.6 is 23.5 Å². The maximum Gasteiger partial charge on any atom is 0.330 e. The topological polar surface area (TPSA) is 255 Å². The Hall–Kier alpha value is -1.43. The number of aliphatic hydroxyl groups is 1. The van der Waals surface area contributed by atoms with Crippen molar-refractivity contribution in [3.8, 4) is 12.3 Å². The number of phosphoric ester groups is 1. The van der Waals surface area contributed by atoms with Crippen LogP contribution in [-0.2, 0) is 31.6 Å². The molecule has 0 aromatic carbocycles. The van der Waals surface area contributed by atoms with Crippen molar-refractivity contribution in [2.75, 3.05) is 6.61 Å². The number of ether oxygens (including phenoxy) is 1. The molecule has 0 bridgehead atoms. The van der Waals surface area contributed by atoms with Gasteiger partial charge in [0.05, 0.1) is 14.4 Å². The second-order valence-corrected chi connectivity index (χ2v) is 10.4. The van der Waals surface area contributed by atoms with Crippen LogP contribution in [0.1, 0.15) is 18.2 Å². The Balaban J connectivity index is 2.19. The van der Waals surface area contributed by atoms with Crippen molar-refractivity contribution in [1.29, 1.82) is 0 Å². The Morgan fingerprint density at radius 2 is 1.90 bits per heavy atom. The van der Waals surface area contributed by atoms with Gasteiger partial charge in [-0.1, -0.05) is 5.92 Å². The van der Waals surface area contributed by atoms with Gasteiger partial charge in [0.15, 0.2) is 5.60 Å². The summed E-state index contributed by atoms with van der Waals surface area (Å²) in [5, 5.41) is 10.2. The van der Waals surface area contributed by atoms with E-state index in [1.807, 2.05) is 10.9 Å². The van der Waals surface area contributed by atoms with Crippen molar-refractivity contribution in [1.82, 2.24) is 9.55 Å². The number of terminal acetylenes is 1. The second-order valence-electron chi connectivity index (χ2n) is 6.11. The molecule has 0 saturated carbocycles. The maximum atomic E-state index is 12.0. The van der Waals surface area contributed by atoms with Crippen LogP contribution in [0.3, 0.4) is 0 Å². The summed E-state index contributed by atoms with van der Waals surface area (Å²) in [5.41, 5.74) is -3.74. The number of rotatable bonds is 8. The van der Waals surface area contributed by atoms with Crippen LogP contribution in [0.5, 0.6) is 0 Å². The van der Waals surface area contributed by atoms with E-state index in [9.17, 15) is 48.0 Å². The van der Waals surface area contributed by atoms with Crippen LogP contribution < -0.4 is 30.8 Å². The molecule has 1 fully saturated rings. The van der Waals surface area contributed by atoms with Gasteiger partial charge in [-0.05, 0) is 6.92 Å². The lowest BCUT2D eigenvalue weighted by Crippen LogP contribution is -2.43. The monoisotopic (exact) mass is 502 g/mol. The van der Waals surface area contributed by atoms with Gasteiger partial charge >= 0.3 is 5.69 Å². The molecule has 2 unspecified atom stereocenters. The van der Waals surface area contributed by atoms with Gasteiger partial charge in [-0.15, -0.1) is 6.42 Å². The smallest absolute Gasteiger partial charge is 0.330 e. The lowest BCUT2D eigenvalue weighted by molar-refractivity contribution is -0.339. The van der Waals surface area contributed by atoms with E-state index in [-0.39, 0.29) is 12.0 Å². The van der Waals surface area contributed by atoms with Crippen LogP contribution in [0.4, 0.5) is 0 Å². The Bertz CT molecular complexity index is 1150. The zero-order valence-electron chi connectivity index (χ0n) is 15.3. The molecule has 2 heterocycles. The molecule has 1 aliphatic rings. The van der Waals surface area contributed by atoms with Crippen LogP contribution in [-0.4, -0.2) is 33.0 Å². The molecular weight excluding hydrogens is 489 g/mol. The third-order valence-corrected chi connectivity index (χ3v) is 7.49. The van der Waals surface area contributed by atoms with Crippen molar-refractivity contribution >= 4 is 23.5 Å². The fraction of sp³-hybridized carbons (Fsp3) is 0.500. The van der Waals surface area contributed by atoms with E-state index in [1.165, 1.54) is 6.92 Å². The molecule has 31 heavy (non-hydrogen) atoms. The summed E-state index contributed by atoms with van der Waals surface area (Å²) in [6.45, 7) is 0.125. The van der Waals surface area contributed by atoms with Crippen molar-refractivity contribution < 1.29 is 56.3 Å². The van der Waals surface area contributed by atoms with E-state index >= 15 is 0 Å². The molecule has 0 spiro atoms. The molecule has 174 valence electrons. The summed E-state index contributed by atoms with van der Waals surface area (Å²) in [6.07, 6.45) is 3.07. The fourth-order valence-electron chi connectivity index (χ4n) is 2.48. The highest BCUT2D eigenvalue weighted by atomic mass is 31.3. The molecule has 1 saturated heterocycles. The number of aromatic amines is 1. The third-order valence-electron chi connectivity index (χ3n) is 3.85. The third kappa shape index (κ3) is 6.53. The van der Waals surface area contributed by atoms with E-state index < -0.39 is 59.3 Å². The molecule has 0 amide bonds. The normalized spacial score (nSPS) is 27.9. The van der Waals surface area contributed by atoms with Gasteiger partial charge in [-0.25, -0.2) is 9.11 Å². The summed E-state index contributed by atoms with van der Waals surface area (Å²) < 4.78 is 50.1. The highest BCUT2D eigenvalue weighted by Gasteiger charge is 2.49. The highest BCUT2D eigenvalue weighted by Crippen LogP contribution is 2.60. The molecule has 2 rings (SSSR count). The Labute approximate surface area is 172 Å². The quantitative estimate of drug-likeness (QED) is 0.256. The average Bonchev–Trinajstić information content (AvgIpc) is 2.90. The standard InChI is InChI=1S/C12H17N2O14P3/c1-3-12(6-25-30(21,22)28-31(23,24)27-29(18,19)20)8(15)4-9(26-12)14-5-7(2)10(16)13-11(14)17/h1,5,8-9,15H,4,6H2,2H3,(H,21,22)(H,23,24)(H,13,16,17)(H2,18,19,20)/p-4/t8-,9+,12+/m0/s1. The summed E-state index contributed by atoms with van der Waals surface area (Å²) in [7, 11) is -18.3. The zero-order chi connectivity index (χ0) is 23.8. The number of nitrogens with one attached hydrogen (secondary N) is 1. The first-order valence-corrected chi connectivity index (χ1v) is 12.2. The van der Waals surface area contributed by atoms with Crippen molar-refractivity contribution in [2.24, 2.45) is 0 Å². The van der Waals surface area contributed by atoms with Gasteiger partial charge in [-0.3, -0.25) is 27.8 Å². The van der Waals surface area contributed by atoms with E-state index in [1.54, 1.807) is 0 Å². The summed E-state index contributed by atoms with van der Waals surface area (Å²) in [5.74, 6) is 1.92. The molecule has 0 radical (unpaired) electrons. The highest BCUT2D eigenvalue weighted by molar-refractivity contribution is 7.64. The number of H-pyrrole nitrogens is 1. The number of aliphatic hydroxyl groups excluding tert-OH is 1. The molecule has 16 nitrogen and oxygen atoms in total. The number of nitrogens with zero attached hydrogens (tertiary/aromatic N) is 1. The minimum Gasteiger partial charge on any atom is -0.790 e. The lowest BCUT2D eigenvalue weighted by Gasteiger charge is -2.38. The van der Waals surface area contributed by atoms with E-state index in [0.29, 0.717) is 0 Å². The van der Waals surface area contributed by atoms with Crippen molar-refractivity contribution in [3.05, 3.63) is 32.6 Å². The Morgan fingerprint density at radius 1 is 1.29 bits per heavy atom. The number of aromatic nitrogens is 2. The van der Waals surface area contributed by atoms with Gasteiger partial charge in [0.1, 0.15) is 12.3 Å². The first kappa shape index (κ1) is 25.8. The van der Waals surface area contributed by atoms with E-state index in [2.05, 4.69) is 13.1 Å². The van der Waals surface area contributed by atoms with Gasteiger partial charge < -0.3 is 38.5 Å². The zero-order valence-corrected chi connectivity index (χ0v) is 18.0. The molecule has 2 N–H and O–H groups in total. The molecule has 0 aliphatic carbocycles. The van der Waals surface area contributed by atoms with Crippen LogP contribution in [0.25, 0.3) is 0 Å². The van der Waals surface area contributed by atoms with Gasteiger partial charge in [0, 0.05) is 18.2 Å². The van der Waals surface area contributed by atoms with Crippen molar-refractivity contribution in [2.45, 2.75) is 31.3 Å². The predicted octanol–water partition coefficient (Wildman–Crippen LogP) is -3.69. The Kier molecular flexibility index (Phi) is 7.36. The minimum absolute atomic E-state index is 0.102. The van der Waals surface area contributed by atoms with Gasteiger partial charge in [0.2, 0.25) is 0 Å². The van der Waals surface area contributed by atoms with Crippen LogP contribution in [0.15, 0.2) is 15.8 Å². The number of aryl methyl sites for hydroxylation is 1. The van der Waals surface area contributed by atoms with E-state index in [4.69, 9.17) is 11.2 Å². The molecule has 1 aromatic rings. The largest absolute Gasteiger partial charge is 0.790 e. The molecule has 1 aromatic heterocycles. The first-order chi connectivity index (χ1) is 14.0. The summed E-state index contributed by atoms with van der Waals surface area (Å²) in [6, 6.07) is 0. The predicted molar refractivity (Wildman–Crippen MR) is 89.3 cm³/mol. The fourth-order valence-corrected chi connectivity index (χ4v) is 5.37. The summed E-state index contributed by atoms with van der Waals surface area (Å²) in [4.78, 5) is 68.9. The van der Waals surface area contributed by atoms with Crippen LogP contribution in [0, 0.1) is 19.3 Å². The van der Waals surface area contributed by atoms with Crippen molar-refractivity contribution in [3.63, 3.8) is 0 Å². The number of phosphoric acid groups is 3. The van der Waals surface area contributed by atoms with Gasteiger partial charge in [0.25, 0.3) is 21.2 Å². The summed E-state index contributed by atoms with van der Waals surface area (Å²) >= 11 is 0. The minimum atomic E-state index is -6.19. The van der Waals surface area contributed by atoms with Crippen LogP contribution in [0.2, 0.25) is 0 Å².